The van der Waals surface area contributed by atoms with Gasteiger partial charge >= 0.3 is 0 Å². The van der Waals surface area contributed by atoms with E-state index < -0.39 is 11.7 Å². The lowest BCUT2D eigenvalue weighted by atomic mass is 10.0. The number of hydrogen-bond acceptors (Lipinski definition) is 3. The summed E-state index contributed by atoms with van der Waals surface area (Å²) < 4.78 is 13.5. The maximum absolute atomic E-state index is 13.5. The molecule has 0 atom stereocenters. The Morgan fingerprint density at radius 1 is 1.10 bits per heavy atom. The molecule has 2 heterocycles. The van der Waals surface area contributed by atoms with Gasteiger partial charge in [-0.25, -0.2) is 4.39 Å². The van der Waals surface area contributed by atoms with Crippen LogP contribution >= 0.6 is 0 Å². The molecule has 0 aromatic heterocycles. The summed E-state index contributed by atoms with van der Waals surface area (Å²) in [5, 5.41) is 0. The van der Waals surface area contributed by atoms with E-state index >= 15 is 0 Å². The number of carbonyl (C=O) groups excluding carboxylic acids is 3. The highest BCUT2D eigenvalue weighted by atomic mass is 19.1. The van der Waals surface area contributed by atoms with Crippen molar-refractivity contribution in [2.45, 2.75) is 18.9 Å². The second-order valence-electron chi connectivity index (χ2n) is 5.00. The molecule has 1 aromatic carbocycles. The number of likely N-dealkylation sites (tertiary alicyclic amines) is 2. The first kappa shape index (κ1) is 12.8. The average molecular weight is 276 g/mol. The molecular weight excluding hydrogens is 263 g/mol. The lowest BCUT2D eigenvalue weighted by Crippen LogP contribution is -2.62. The third-order valence-corrected chi connectivity index (χ3v) is 3.71. The standard InChI is InChI=1S/C14H13FN2O3/c15-11-4-2-1-3-10(11)14(20)16-7-9(8-16)17-12(18)5-6-13(17)19/h1-4,9H,5-8H2. The van der Waals surface area contributed by atoms with E-state index in [-0.39, 0.29) is 49.4 Å². The Morgan fingerprint density at radius 3 is 2.30 bits per heavy atom. The van der Waals surface area contributed by atoms with Crippen LogP contribution < -0.4 is 0 Å². The number of benzene rings is 1. The van der Waals surface area contributed by atoms with Crippen molar-refractivity contribution in [3.05, 3.63) is 35.6 Å². The van der Waals surface area contributed by atoms with Gasteiger partial charge in [-0.1, -0.05) is 12.1 Å². The van der Waals surface area contributed by atoms with E-state index in [0.717, 1.165) is 0 Å². The van der Waals surface area contributed by atoms with Crippen LogP contribution in [0.5, 0.6) is 0 Å². The number of amides is 3. The molecule has 0 bridgehead atoms. The van der Waals surface area contributed by atoms with Crippen LogP contribution in [0.4, 0.5) is 4.39 Å². The van der Waals surface area contributed by atoms with Crippen molar-refractivity contribution in [1.29, 1.82) is 0 Å². The summed E-state index contributed by atoms with van der Waals surface area (Å²) in [4.78, 5) is 37.9. The van der Waals surface area contributed by atoms with Gasteiger partial charge in [-0.15, -0.1) is 0 Å². The van der Waals surface area contributed by atoms with Crippen LogP contribution in [-0.2, 0) is 9.59 Å². The van der Waals surface area contributed by atoms with E-state index in [1.165, 1.54) is 28.0 Å². The molecule has 2 aliphatic heterocycles. The van der Waals surface area contributed by atoms with Gasteiger partial charge < -0.3 is 4.90 Å². The van der Waals surface area contributed by atoms with E-state index in [0.29, 0.717) is 0 Å². The topological polar surface area (TPSA) is 57.7 Å². The summed E-state index contributed by atoms with van der Waals surface area (Å²) in [5.41, 5.74) is 0.0185. The molecule has 2 saturated heterocycles. The zero-order chi connectivity index (χ0) is 14.3. The largest absolute Gasteiger partial charge is 0.334 e. The molecule has 5 nitrogen and oxygen atoms in total. The van der Waals surface area contributed by atoms with Gasteiger partial charge in [-0.05, 0) is 12.1 Å². The monoisotopic (exact) mass is 276 g/mol. The van der Waals surface area contributed by atoms with Gasteiger partial charge in [-0.2, -0.15) is 0 Å². The first-order chi connectivity index (χ1) is 9.58. The second kappa shape index (κ2) is 4.70. The summed E-state index contributed by atoms with van der Waals surface area (Å²) in [6, 6.07) is 5.52. The van der Waals surface area contributed by atoms with Gasteiger partial charge in [0.15, 0.2) is 0 Å². The summed E-state index contributed by atoms with van der Waals surface area (Å²) >= 11 is 0. The minimum Gasteiger partial charge on any atom is -0.334 e. The summed E-state index contributed by atoms with van der Waals surface area (Å²) in [5.74, 6) is -1.33. The summed E-state index contributed by atoms with van der Waals surface area (Å²) in [6.07, 6.45) is 0.493. The minimum atomic E-state index is -0.561. The molecule has 0 N–H and O–H groups in total. The molecule has 1 aromatic rings. The molecule has 0 unspecified atom stereocenters. The number of hydrogen-bond donors (Lipinski definition) is 0. The van der Waals surface area contributed by atoms with Crippen molar-refractivity contribution in [1.82, 2.24) is 9.80 Å². The molecule has 3 rings (SSSR count). The normalized spacial score (nSPS) is 19.4. The first-order valence-electron chi connectivity index (χ1n) is 6.46. The Labute approximate surface area is 115 Å². The SMILES string of the molecule is O=C(c1ccccc1F)N1CC(N2C(=O)CCC2=O)C1. The lowest BCUT2D eigenvalue weighted by molar-refractivity contribution is -0.144. The van der Waals surface area contributed by atoms with Crippen molar-refractivity contribution in [2.24, 2.45) is 0 Å². The van der Waals surface area contributed by atoms with Crippen molar-refractivity contribution in [3.63, 3.8) is 0 Å². The van der Waals surface area contributed by atoms with Crippen molar-refractivity contribution in [3.8, 4) is 0 Å². The predicted molar refractivity (Wildman–Crippen MR) is 67.2 cm³/mol. The van der Waals surface area contributed by atoms with Gasteiger partial charge in [0.1, 0.15) is 5.82 Å². The van der Waals surface area contributed by atoms with Crippen molar-refractivity contribution < 1.29 is 18.8 Å². The predicted octanol–water partition coefficient (Wildman–Crippen LogP) is 0.799. The third-order valence-electron chi connectivity index (χ3n) is 3.71. The molecule has 6 heteroatoms. The van der Waals surface area contributed by atoms with Gasteiger partial charge in [-0.3, -0.25) is 19.3 Å². The molecule has 104 valence electrons. The molecule has 0 radical (unpaired) electrons. The zero-order valence-electron chi connectivity index (χ0n) is 10.7. The Hall–Kier alpha value is -2.24. The highest BCUT2D eigenvalue weighted by Crippen LogP contribution is 2.24. The molecule has 0 spiro atoms. The fourth-order valence-electron chi connectivity index (χ4n) is 2.59. The smallest absolute Gasteiger partial charge is 0.256 e. The van der Waals surface area contributed by atoms with Crippen molar-refractivity contribution in [2.75, 3.05) is 13.1 Å². The maximum atomic E-state index is 13.5. The van der Waals surface area contributed by atoms with Crippen LogP contribution in [0.3, 0.4) is 0 Å². The van der Waals surface area contributed by atoms with Crippen LogP contribution in [0.25, 0.3) is 0 Å². The highest BCUT2D eigenvalue weighted by Gasteiger charge is 2.43. The average Bonchev–Trinajstić information content (AvgIpc) is 2.69. The van der Waals surface area contributed by atoms with E-state index in [9.17, 15) is 18.8 Å². The molecule has 2 aliphatic rings. The Morgan fingerprint density at radius 2 is 1.70 bits per heavy atom. The summed E-state index contributed by atoms with van der Waals surface area (Å²) in [7, 11) is 0. The quantitative estimate of drug-likeness (QED) is 0.751. The second-order valence-corrected chi connectivity index (χ2v) is 5.00. The zero-order valence-corrected chi connectivity index (χ0v) is 10.7. The van der Waals surface area contributed by atoms with E-state index in [4.69, 9.17) is 0 Å². The maximum Gasteiger partial charge on any atom is 0.256 e. The molecule has 0 aliphatic carbocycles. The van der Waals surface area contributed by atoms with Crippen LogP contribution in [0.1, 0.15) is 23.2 Å². The molecule has 0 saturated carbocycles. The van der Waals surface area contributed by atoms with Gasteiger partial charge in [0.25, 0.3) is 5.91 Å². The van der Waals surface area contributed by atoms with Crippen LogP contribution in [-0.4, -0.2) is 46.7 Å². The Kier molecular flexibility index (Phi) is 3.00. The highest BCUT2D eigenvalue weighted by molar-refractivity contribution is 6.03. The Balaban J connectivity index is 1.66. The van der Waals surface area contributed by atoms with Gasteiger partial charge in [0, 0.05) is 25.9 Å². The third kappa shape index (κ3) is 1.97. The van der Waals surface area contributed by atoms with Crippen LogP contribution in [0.15, 0.2) is 24.3 Å². The number of rotatable bonds is 2. The molecule has 20 heavy (non-hydrogen) atoms. The van der Waals surface area contributed by atoms with E-state index in [1.807, 2.05) is 0 Å². The Bertz CT molecular complexity index is 580. The lowest BCUT2D eigenvalue weighted by Gasteiger charge is -2.43. The number of nitrogens with zero attached hydrogens (tertiary/aromatic N) is 2. The number of carbonyl (C=O) groups is 3. The van der Waals surface area contributed by atoms with Crippen LogP contribution in [0, 0.1) is 5.82 Å². The van der Waals surface area contributed by atoms with Crippen LogP contribution in [0.2, 0.25) is 0 Å². The molecule has 3 amide bonds. The minimum absolute atomic E-state index is 0.0185. The van der Waals surface area contributed by atoms with Gasteiger partial charge in [0.2, 0.25) is 11.8 Å². The fraction of sp³-hybridized carbons (Fsp3) is 0.357. The van der Waals surface area contributed by atoms with Crippen molar-refractivity contribution >= 4 is 17.7 Å². The fourth-order valence-corrected chi connectivity index (χ4v) is 2.59. The van der Waals surface area contributed by atoms with E-state index in [2.05, 4.69) is 0 Å². The molecular formula is C14H13FN2O3. The van der Waals surface area contributed by atoms with E-state index in [1.54, 1.807) is 6.07 Å². The number of halogens is 1. The summed E-state index contributed by atoms with van der Waals surface area (Å²) in [6.45, 7) is 0.565. The first-order valence-corrected chi connectivity index (χ1v) is 6.46. The van der Waals surface area contributed by atoms with Gasteiger partial charge in [0.05, 0.1) is 11.6 Å². The number of imide groups is 1. The molecule has 2 fully saturated rings.